The molecule has 0 spiro atoms. The second-order valence-corrected chi connectivity index (χ2v) is 8.48. The van der Waals surface area contributed by atoms with E-state index in [0.29, 0.717) is 5.54 Å². The standard InChI is InChI=1S/C17H27BrN2S/c18-15-7-12-21-16(15)13-19-14-17(8-3-1-4-9-17)20-10-5-2-6-11-20/h7,12,19H,1-6,8-11,13-14H2. The third-order valence-corrected chi connectivity index (χ3v) is 7.17. The van der Waals surface area contributed by atoms with E-state index in [9.17, 15) is 0 Å². The van der Waals surface area contributed by atoms with Gasteiger partial charge in [-0.25, -0.2) is 0 Å². The van der Waals surface area contributed by atoms with Crippen molar-refractivity contribution in [1.82, 2.24) is 10.2 Å². The molecule has 0 bridgehead atoms. The van der Waals surface area contributed by atoms with Gasteiger partial charge in [0.2, 0.25) is 0 Å². The molecular formula is C17H27BrN2S. The Bertz CT molecular complexity index is 434. The Morgan fingerprint density at radius 1 is 1.10 bits per heavy atom. The zero-order valence-electron chi connectivity index (χ0n) is 12.9. The zero-order valence-corrected chi connectivity index (χ0v) is 15.3. The summed E-state index contributed by atoms with van der Waals surface area (Å²) in [5.41, 5.74) is 0.447. The number of thiophene rings is 1. The van der Waals surface area contributed by atoms with E-state index in [0.717, 1.165) is 13.1 Å². The van der Waals surface area contributed by atoms with E-state index < -0.39 is 0 Å². The molecule has 0 radical (unpaired) electrons. The van der Waals surface area contributed by atoms with Crippen molar-refractivity contribution in [2.75, 3.05) is 19.6 Å². The molecule has 21 heavy (non-hydrogen) atoms. The van der Waals surface area contributed by atoms with Crippen LogP contribution in [0.25, 0.3) is 0 Å². The van der Waals surface area contributed by atoms with Crippen LogP contribution in [0.2, 0.25) is 0 Å². The molecule has 1 aromatic heterocycles. The van der Waals surface area contributed by atoms with Crippen molar-refractivity contribution in [3.05, 3.63) is 20.8 Å². The van der Waals surface area contributed by atoms with Crippen LogP contribution in [0.5, 0.6) is 0 Å². The summed E-state index contributed by atoms with van der Waals surface area (Å²) in [5, 5.41) is 5.94. The minimum absolute atomic E-state index is 0.447. The van der Waals surface area contributed by atoms with Gasteiger partial charge in [0.05, 0.1) is 0 Å². The highest BCUT2D eigenvalue weighted by atomic mass is 79.9. The Hall–Kier alpha value is 0.1000. The minimum Gasteiger partial charge on any atom is -0.310 e. The molecule has 2 heterocycles. The topological polar surface area (TPSA) is 15.3 Å². The van der Waals surface area contributed by atoms with Gasteiger partial charge in [0, 0.05) is 28.0 Å². The van der Waals surface area contributed by atoms with Gasteiger partial charge >= 0.3 is 0 Å². The molecule has 2 nitrogen and oxygen atoms in total. The Kier molecular flexibility index (Phi) is 5.77. The van der Waals surface area contributed by atoms with Gasteiger partial charge < -0.3 is 5.32 Å². The summed E-state index contributed by atoms with van der Waals surface area (Å²) in [7, 11) is 0. The highest BCUT2D eigenvalue weighted by Gasteiger charge is 2.37. The summed E-state index contributed by atoms with van der Waals surface area (Å²) in [5.74, 6) is 0. The molecular weight excluding hydrogens is 344 g/mol. The van der Waals surface area contributed by atoms with Gasteiger partial charge in [0.15, 0.2) is 0 Å². The highest BCUT2D eigenvalue weighted by molar-refractivity contribution is 9.10. The molecule has 1 saturated heterocycles. The number of likely N-dealkylation sites (tertiary alicyclic amines) is 1. The second-order valence-electron chi connectivity index (χ2n) is 6.63. The number of rotatable bonds is 5. The molecule has 1 N–H and O–H groups in total. The molecule has 3 rings (SSSR count). The molecule has 0 amide bonds. The minimum atomic E-state index is 0.447. The molecule has 4 heteroatoms. The van der Waals surface area contributed by atoms with Crippen LogP contribution < -0.4 is 5.32 Å². The van der Waals surface area contributed by atoms with Gasteiger partial charge in [-0.15, -0.1) is 11.3 Å². The summed E-state index contributed by atoms with van der Waals surface area (Å²) in [6.07, 6.45) is 11.3. The molecule has 0 atom stereocenters. The molecule has 2 aliphatic rings. The first-order valence-electron chi connectivity index (χ1n) is 8.48. The second kappa shape index (κ2) is 7.58. The van der Waals surface area contributed by atoms with Gasteiger partial charge in [0.1, 0.15) is 0 Å². The third-order valence-electron chi connectivity index (χ3n) is 5.24. The first kappa shape index (κ1) is 16.0. The Morgan fingerprint density at radius 3 is 2.48 bits per heavy atom. The summed E-state index contributed by atoms with van der Waals surface area (Å²) in [6.45, 7) is 4.82. The largest absolute Gasteiger partial charge is 0.310 e. The van der Waals surface area contributed by atoms with E-state index in [1.807, 2.05) is 11.3 Å². The Labute approximate surface area is 141 Å². The molecule has 1 aliphatic carbocycles. The lowest BCUT2D eigenvalue weighted by Crippen LogP contribution is -2.57. The average molecular weight is 371 g/mol. The van der Waals surface area contributed by atoms with Crippen LogP contribution in [0.1, 0.15) is 56.2 Å². The molecule has 1 saturated carbocycles. The van der Waals surface area contributed by atoms with E-state index in [1.54, 1.807) is 0 Å². The number of piperidine rings is 1. The maximum absolute atomic E-state index is 3.78. The summed E-state index contributed by atoms with van der Waals surface area (Å²) >= 11 is 5.49. The van der Waals surface area contributed by atoms with E-state index in [4.69, 9.17) is 0 Å². The number of nitrogens with one attached hydrogen (secondary N) is 1. The van der Waals surface area contributed by atoms with Crippen LogP contribution in [-0.2, 0) is 6.54 Å². The lowest BCUT2D eigenvalue weighted by atomic mass is 9.79. The Morgan fingerprint density at radius 2 is 1.81 bits per heavy atom. The van der Waals surface area contributed by atoms with Crippen LogP contribution in [0.15, 0.2) is 15.9 Å². The number of hydrogen-bond donors (Lipinski definition) is 1. The number of nitrogens with zero attached hydrogens (tertiary/aromatic N) is 1. The smallest absolute Gasteiger partial charge is 0.0334 e. The quantitative estimate of drug-likeness (QED) is 0.801. The van der Waals surface area contributed by atoms with Crippen molar-refractivity contribution in [1.29, 1.82) is 0 Å². The SMILES string of the molecule is Brc1ccsc1CNCC1(N2CCCCC2)CCCCC1. The van der Waals surface area contributed by atoms with Gasteiger partial charge in [-0.1, -0.05) is 25.7 Å². The van der Waals surface area contributed by atoms with Crippen molar-refractivity contribution in [3.8, 4) is 0 Å². The lowest BCUT2D eigenvalue weighted by Gasteiger charge is -2.48. The lowest BCUT2D eigenvalue weighted by molar-refractivity contribution is 0.0333. The highest BCUT2D eigenvalue weighted by Crippen LogP contribution is 2.35. The zero-order chi connectivity index (χ0) is 14.5. The maximum Gasteiger partial charge on any atom is 0.0334 e. The predicted octanol–water partition coefficient (Wildman–Crippen LogP) is 4.79. The van der Waals surface area contributed by atoms with E-state index in [1.165, 1.54) is 73.8 Å². The molecule has 2 fully saturated rings. The predicted molar refractivity (Wildman–Crippen MR) is 95.0 cm³/mol. The van der Waals surface area contributed by atoms with Crippen molar-refractivity contribution >= 4 is 27.3 Å². The fourth-order valence-corrected chi connectivity index (χ4v) is 5.50. The molecule has 1 aromatic rings. The van der Waals surface area contributed by atoms with Crippen molar-refractivity contribution in [2.45, 2.75) is 63.5 Å². The normalized spacial score (nSPS) is 23.3. The first-order valence-corrected chi connectivity index (χ1v) is 10.2. The molecule has 0 unspecified atom stereocenters. The summed E-state index contributed by atoms with van der Waals surface area (Å²) in [4.78, 5) is 4.26. The molecule has 0 aromatic carbocycles. The Balaban J connectivity index is 1.60. The third kappa shape index (κ3) is 3.90. The summed E-state index contributed by atoms with van der Waals surface area (Å²) < 4.78 is 1.26. The van der Waals surface area contributed by atoms with Gasteiger partial charge in [-0.2, -0.15) is 0 Å². The van der Waals surface area contributed by atoms with Crippen molar-refractivity contribution in [3.63, 3.8) is 0 Å². The van der Waals surface area contributed by atoms with Crippen molar-refractivity contribution in [2.24, 2.45) is 0 Å². The fourth-order valence-electron chi connectivity index (χ4n) is 4.04. The van der Waals surface area contributed by atoms with Crippen LogP contribution in [0.3, 0.4) is 0 Å². The van der Waals surface area contributed by atoms with Crippen LogP contribution in [-0.4, -0.2) is 30.1 Å². The van der Waals surface area contributed by atoms with Crippen LogP contribution >= 0.6 is 27.3 Å². The molecule has 1 aliphatic heterocycles. The monoisotopic (exact) mass is 370 g/mol. The van der Waals surface area contributed by atoms with Crippen molar-refractivity contribution < 1.29 is 0 Å². The van der Waals surface area contributed by atoms with Crippen LogP contribution in [0.4, 0.5) is 0 Å². The number of halogens is 1. The first-order chi connectivity index (χ1) is 10.3. The average Bonchev–Trinajstić information content (AvgIpc) is 2.95. The number of hydrogen-bond acceptors (Lipinski definition) is 3. The van der Waals surface area contributed by atoms with Gasteiger partial charge in [-0.05, 0) is 66.1 Å². The fraction of sp³-hybridized carbons (Fsp3) is 0.765. The van der Waals surface area contributed by atoms with E-state index >= 15 is 0 Å². The van der Waals surface area contributed by atoms with Gasteiger partial charge in [-0.3, -0.25) is 4.90 Å². The van der Waals surface area contributed by atoms with E-state index in [2.05, 4.69) is 37.6 Å². The van der Waals surface area contributed by atoms with Gasteiger partial charge in [0.25, 0.3) is 0 Å². The molecule has 118 valence electrons. The van der Waals surface area contributed by atoms with Crippen LogP contribution in [0, 0.1) is 0 Å². The summed E-state index contributed by atoms with van der Waals surface area (Å²) in [6, 6.07) is 2.16. The maximum atomic E-state index is 3.78. The van der Waals surface area contributed by atoms with E-state index in [-0.39, 0.29) is 0 Å².